The molecule has 1 saturated heterocycles. The topological polar surface area (TPSA) is 47.3 Å². The lowest BCUT2D eigenvalue weighted by Crippen LogP contribution is -2.43. The molecular formula is C19H25N3O. The molecule has 1 heterocycles. The van der Waals surface area contributed by atoms with Crippen LogP contribution in [-0.4, -0.2) is 41.8 Å². The van der Waals surface area contributed by atoms with Crippen LogP contribution in [0.2, 0.25) is 0 Å². The summed E-state index contributed by atoms with van der Waals surface area (Å²) >= 11 is 0. The number of hydrogen-bond donors (Lipinski definition) is 0. The molecule has 1 aromatic rings. The second kappa shape index (κ2) is 7.43. The molecule has 1 fully saturated rings. The first-order valence-electron chi connectivity index (χ1n) is 8.07. The summed E-state index contributed by atoms with van der Waals surface area (Å²) in [5.74, 6) is -0.0910. The molecule has 122 valence electrons. The van der Waals surface area contributed by atoms with Gasteiger partial charge in [-0.25, -0.2) is 0 Å². The largest absolute Gasteiger partial charge is 0.374 e. The third-order valence-electron chi connectivity index (χ3n) is 4.01. The van der Waals surface area contributed by atoms with Gasteiger partial charge in [-0.05, 0) is 5.56 Å². The van der Waals surface area contributed by atoms with Crippen LogP contribution in [0.15, 0.2) is 42.1 Å². The van der Waals surface area contributed by atoms with E-state index in [0.717, 1.165) is 32.7 Å². The van der Waals surface area contributed by atoms with Crippen molar-refractivity contribution in [3.63, 3.8) is 0 Å². The van der Waals surface area contributed by atoms with Crippen LogP contribution >= 0.6 is 0 Å². The number of benzene rings is 1. The summed E-state index contributed by atoms with van der Waals surface area (Å²) in [7, 11) is 0. The van der Waals surface area contributed by atoms with Crippen molar-refractivity contribution in [1.82, 2.24) is 9.80 Å². The smallest absolute Gasteiger partial charge is 0.180 e. The Morgan fingerprint density at radius 1 is 1.17 bits per heavy atom. The highest BCUT2D eigenvalue weighted by atomic mass is 16.1. The number of rotatable bonds is 4. The van der Waals surface area contributed by atoms with Crippen LogP contribution in [0.1, 0.15) is 26.3 Å². The van der Waals surface area contributed by atoms with Gasteiger partial charge >= 0.3 is 0 Å². The van der Waals surface area contributed by atoms with Crippen molar-refractivity contribution in [2.45, 2.75) is 27.3 Å². The fourth-order valence-corrected chi connectivity index (χ4v) is 2.62. The molecule has 1 aromatic carbocycles. The fraction of sp³-hybridized carbons (Fsp3) is 0.474. The molecule has 2 rings (SSSR count). The highest BCUT2D eigenvalue weighted by Gasteiger charge is 2.26. The number of carbonyl (C=O) groups is 1. The molecule has 1 aliphatic rings. The number of nitrogens with zero attached hydrogens (tertiary/aromatic N) is 3. The molecule has 0 radical (unpaired) electrons. The van der Waals surface area contributed by atoms with E-state index in [0.29, 0.717) is 0 Å². The second-order valence-electron chi connectivity index (χ2n) is 7.03. The van der Waals surface area contributed by atoms with Crippen molar-refractivity contribution in [3.05, 3.63) is 47.7 Å². The summed E-state index contributed by atoms with van der Waals surface area (Å²) in [6, 6.07) is 12.5. The van der Waals surface area contributed by atoms with E-state index in [1.807, 2.05) is 26.8 Å². The maximum Gasteiger partial charge on any atom is 0.180 e. The van der Waals surface area contributed by atoms with Gasteiger partial charge in [0.1, 0.15) is 11.6 Å². The normalized spacial score (nSPS) is 17.0. The van der Waals surface area contributed by atoms with Gasteiger partial charge < -0.3 is 4.90 Å². The lowest BCUT2D eigenvalue weighted by atomic mass is 9.87. The summed E-state index contributed by atoms with van der Waals surface area (Å²) in [6.07, 6.45) is 1.74. The number of nitriles is 1. The van der Waals surface area contributed by atoms with E-state index in [4.69, 9.17) is 0 Å². The highest BCUT2D eigenvalue weighted by molar-refractivity contribution is 6.02. The van der Waals surface area contributed by atoms with Gasteiger partial charge in [-0.1, -0.05) is 51.1 Å². The van der Waals surface area contributed by atoms with Crippen molar-refractivity contribution in [3.8, 4) is 6.07 Å². The summed E-state index contributed by atoms with van der Waals surface area (Å²) < 4.78 is 0. The zero-order valence-corrected chi connectivity index (χ0v) is 14.2. The monoisotopic (exact) mass is 311 g/mol. The third kappa shape index (κ3) is 4.94. The van der Waals surface area contributed by atoms with Crippen molar-refractivity contribution < 1.29 is 4.79 Å². The molecule has 0 aliphatic carbocycles. The summed E-state index contributed by atoms with van der Waals surface area (Å²) in [4.78, 5) is 16.7. The minimum Gasteiger partial charge on any atom is -0.374 e. The predicted octanol–water partition coefficient (Wildman–Crippen LogP) is 2.83. The average molecular weight is 311 g/mol. The Kier molecular flexibility index (Phi) is 5.57. The van der Waals surface area contributed by atoms with Crippen LogP contribution in [0.4, 0.5) is 0 Å². The first-order valence-corrected chi connectivity index (χ1v) is 8.07. The van der Waals surface area contributed by atoms with Gasteiger partial charge in [0.2, 0.25) is 0 Å². The van der Waals surface area contributed by atoms with Gasteiger partial charge in [-0.15, -0.1) is 0 Å². The van der Waals surface area contributed by atoms with Gasteiger partial charge in [0.05, 0.1) is 0 Å². The Bertz CT molecular complexity index is 600. The SMILES string of the molecule is CC(C)(C)C(=O)C(C#N)=CN1CCN(Cc2ccccc2)CC1. The zero-order valence-electron chi connectivity index (χ0n) is 14.2. The molecule has 0 N–H and O–H groups in total. The van der Waals surface area contributed by atoms with Gasteiger partial charge in [0.15, 0.2) is 5.78 Å². The number of allylic oxidation sites excluding steroid dienone is 1. The van der Waals surface area contributed by atoms with Crippen LogP contribution in [-0.2, 0) is 11.3 Å². The average Bonchev–Trinajstić information content (AvgIpc) is 2.53. The number of hydrogen-bond acceptors (Lipinski definition) is 4. The molecule has 23 heavy (non-hydrogen) atoms. The highest BCUT2D eigenvalue weighted by Crippen LogP contribution is 2.20. The van der Waals surface area contributed by atoms with E-state index in [1.54, 1.807) is 6.20 Å². The van der Waals surface area contributed by atoms with Gasteiger partial charge in [-0.2, -0.15) is 5.26 Å². The van der Waals surface area contributed by atoms with E-state index >= 15 is 0 Å². The molecule has 0 spiro atoms. The molecule has 0 atom stereocenters. The molecular weight excluding hydrogens is 286 g/mol. The minimum atomic E-state index is -0.517. The van der Waals surface area contributed by atoms with Gasteiger partial charge in [-0.3, -0.25) is 9.69 Å². The zero-order chi connectivity index (χ0) is 16.9. The summed E-state index contributed by atoms with van der Waals surface area (Å²) in [5.41, 5.74) is 1.06. The standard InChI is InChI=1S/C19H25N3O/c1-19(2,3)18(23)17(13-20)15-22-11-9-21(10-12-22)14-16-7-5-4-6-8-16/h4-8,15H,9-12,14H2,1-3H3. The van der Waals surface area contributed by atoms with E-state index < -0.39 is 5.41 Å². The molecule has 4 nitrogen and oxygen atoms in total. The van der Waals surface area contributed by atoms with Crippen molar-refractivity contribution in [1.29, 1.82) is 5.26 Å². The second-order valence-corrected chi connectivity index (χ2v) is 7.03. The number of carbonyl (C=O) groups excluding carboxylic acids is 1. The Morgan fingerprint density at radius 3 is 2.30 bits per heavy atom. The minimum absolute atomic E-state index is 0.0910. The van der Waals surface area contributed by atoms with Crippen molar-refractivity contribution >= 4 is 5.78 Å². The van der Waals surface area contributed by atoms with Crippen LogP contribution in [0, 0.1) is 16.7 Å². The third-order valence-corrected chi connectivity index (χ3v) is 4.01. The van der Waals surface area contributed by atoms with E-state index in [1.165, 1.54) is 5.56 Å². The van der Waals surface area contributed by atoms with E-state index in [2.05, 4.69) is 40.1 Å². The Morgan fingerprint density at radius 2 is 1.78 bits per heavy atom. The molecule has 0 bridgehead atoms. The lowest BCUT2D eigenvalue weighted by molar-refractivity contribution is -0.122. The quantitative estimate of drug-likeness (QED) is 0.634. The fourth-order valence-electron chi connectivity index (χ4n) is 2.62. The lowest BCUT2D eigenvalue weighted by Gasteiger charge is -2.34. The molecule has 0 unspecified atom stereocenters. The predicted molar refractivity (Wildman–Crippen MR) is 91.5 cm³/mol. The first kappa shape index (κ1) is 17.2. The van der Waals surface area contributed by atoms with Gasteiger partial charge in [0, 0.05) is 44.3 Å². The van der Waals surface area contributed by atoms with Crippen molar-refractivity contribution in [2.24, 2.45) is 5.41 Å². The summed E-state index contributed by atoms with van der Waals surface area (Å²) in [5, 5.41) is 9.26. The molecule has 1 aliphatic heterocycles. The maximum absolute atomic E-state index is 12.2. The number of Topliss-reactive ketones (excluding diaryl/α,β-unsaturated/α-hetero) is 1. The molecule has 0 saturated carbocycles. The summed E-state index contributed by atoms with van der Waals surface area (Å²) in [6.45, 7) is 10.0. The van der Waals surface area contributed by atoms with Crippen molar-refractivity contribution in [2.75, 3.05) is 26.2 Å². The van der Waals surface area contributed by atoms with E-state index in [9.17, 15) is 10.1 Å². The van der Waals surface area contributed by atoms with Crippen LogP contribution < -0.4 is 0 Å². The molecule has 0 amide bonds. The van der Waals surface area contributed by atoms with Crippen LogP contribution in [0.5, 0.6) is 0 Å². The van der Waals surface area contributed by atoms with Crippen LogP contribution in [0.25, 0.3) is 0 Å². The molecule has 0 aromatic heterocycles. The maximum atomic E-state index is 12.2. The number of ketones is 1. The molecule has 4 heteroatoms. The Labute approximate surface area is 139 Å². The Balaban J connectivity index is 1.92. The Hall–Kier alpha value is -2.12. The van der Waals surface area contributed by atoms with E-state index in [-0.39, 0.29) is 11.4 Å². The van der Waals surface area contributed by atoms with Crippen LogP contribution in [0.3, 0.4) is 0 Å². The van der Waals surface area contributed by atoms with Gasteiger partial charge in [0.25, 0.3) is 0 Å². The first-order chi connectivity index (χ1) is 10.9. The number of piperazine rings is 1.